The predicted octanol–water partition coefficient (Wildman–Crippen LogP) is 2.50. The highest BCUT2D eigenvalue weighted by molar-refractivity contribution is 7.14. The lowest BCUT2D eigenvalue weighted by Gasteiger charge is -2.30. The number of hydrogen-bond acceptors (Lipinski definition) is 5. The summed E-state index contributed by atoms with van der Waals surface area (Å²) in [5, 5.41) is 8.56. The number of esters is 1. The van der Waals surface area contributed by atoms with Crippen molar-refractivity contribution < 1.29 is 14.3 Å². The average molecular weight is 310 g/mol. The van der Waals surface area contributed by atoms with Crippen LogP contribution in [-0.4, -0.2) is 31.6 Å². The molecule has 1 aromatic heterocycles. The molecular formula is C15H22N2O3S. The Morgan fingerprint density at radius 2 is 2.29 bits per heavy atom. The van der Waals surface area contributed by atoms with E-state index >= 15 is 0 Å². The van der Waals surface area contributed by atoms with Gasteiger partial charge >= 0.3 is 5.97 Å². The summed E-state index contributed by atoms with van der Waals surface area (Å²) in [6.45, 7) is 7.74. The maximum atomic E-state index is 12.7. The lowest BCUT2D eigenvalue weighted by molar-refractivity contribution is -0.126. The first-order valence-corrected chi connectivity index (χ1v) is 8.16. The molecule has 1 aromatic rings. The van der Waals surface area contributed by atoms with Crippen molar-refractivity contribution in [3.63, 3.8) is 0 Å². The SMILES string of the molecule is CCOC(=O)c1ccsc1NC(=O)C1(C(C)C)CCNC1. The first-order valence-electron chi connectivity index (χ1n) is 7.28. The third-order valence-corrected chi connectivity index (χ3v) is 4.96. The molecule has 0 saturated carbocycles. The Hall–Kier alpha value is -1.40. The molecular weight excluding hydrogens is 288 g/mol. The molecule has 0 spiro atoms. The number of carbonyl (C=O) groups excluding carboxylic acids is 2. The minimum Gasteiger partial charge on any atom is -0.462 e. The number of rotatable bonds is 5. The Bertz CT molecular complexity index is 519. The minimum absolute atomic E-state index is 0.0181. The fourth-order valence-electron chi connectivity index (χ4n) is 2.66. The van der Waals surface area contributed by atoms with Crippen LogP contribution in [0.2, 0.25) is 0 Å². The van der Waals surface area contributed by atoms with E-state index in [2.05, 4.69) is 24.5 Å². The van der Waals surface area contributed by atoms with Crippen LogP contribution in [0.4, 0.5) is 5.00 Å². The number of thiophene rings is 1. The summed E-state index contributed by atoms with van der Waals surface area (Å²) < 4.78 is 5.01. The number of nitrogens with one attached hydrogen (secondary N) is 2. The van der Waals surface area contributed by atoms with Gasteiger partial charge in [0.1, 0.15) is 5.00 Å². The molecule has 1 saturated heterocycles. The predicted molar refractivity (Wildman–Crippen MR) is 83.7 cm³/mol. The quantitative estimate of drug-likeness (QED) is 0.820. The van der Waals surface area contributed by atoms with E-state index in [1.807, 2.05) is 0 Å². The van der Waals surface area contributed by atoms with E-state index in [1.165, 1.54) is 11.3 Å². The number of ether oxygens (including phenoxy) is 1. The van der Waals surface area contributed by atoms with Crippen LogP contribution in [0.3, 0.4) is 0 Å². The highest BCUT2D eigenvalue weighted by atomic mass is 32.1. The van der Waals surface area contributed by atoms with Crippen molar-refractivity contribution in [3.8, 4) is 0 Å². The van der Waals surface area contributed by atoms with Crippen molar-refractivity contribution in [2.24, 2.45) is 11.3 Å². The third kappa shape index (κ3) is 3.11. The molecule has 1 aliphatic rings. The van der Waals surface area contributed by atoms with E-state index in [9.17, 15) is 9.59 Å². The van der Waals surface area contributed by atoms with Gasteiger partial charge in [-0.05, 0) is 37.3 Å². The Kier molecular flexibility index (Phi) is 5.00. The first-order chi connectivity index (χ1) is 10.0. The van der Waals surface area contributed by atoms with Gasteiger partial charge in [-0.1, -0.05) is 13.8 Å². The molecule has 6 heteroatoms. The molecule has 2 N–H and O–H groups in total. The highest BCUT2D eigenvalue weighted by Crippen LogP contribution is 2.36. The van der Waals surface area contributed by atoms with Crippen molar-refractivity contribution in [3.05, 3.63) is 17.0 Å². The van der Waals surface area contributed by atoms with Gasteiger partial charge in [0.2, 0.25) is 5.91 Å². The second-order valence-corrected chi connectivity index (χ2v) is 6.49. The fraction of sp³-hybridized carbons (Fsp3) is 0.600. The molecule has 2 rings (SSSR count). The molecule has 0 radical (unpaired) electrons. The summed E-state index contributed by atoms with van der Waals surface area (Å²) in [4.78, 5) is 24.6. The van der Waals surface area contributed by atoms with E-state index in [-0.39, 0.29) is 11.8 Å². The van der Waals surface area contributed by atoms with E-state index in [1.54, 1.807) is 18.4 Å². The Morgan fingerprint density at radius 3 is 2.86 bits per heavy atom. The number of hydrogen-bond donors (Lipinski definition) is 2. The van der Waals surface area contributed by atoms with Gasteiger partial charge in [0.05, 0.1) is 17.6 Å². The van der Waals surface area contributed by atoms with Crippen LogP contribution in [0.1, 0.15) is 37.6 Å². The molecule has 1 unspecified atom stereocenters. The van der Waals surface area contributed by atoms with Gasteiger partial charge in [0, 0.05) is 6.54 Å². The van der Waals surface area contributed by atoms with Gasteiger partial charge in [-0.25, -0.2) is 4.79 Å². The lowest BCUT2D eigenvalue weighted by atomic mass is 9.75. The topological polar surface area (TPSA) is 67.4 Å². The van der Waals surface area contributed by atoms with Gasteiger partial charge in [-0.3, -0.25) is 4.79 Å². The normalized spacial score (nSPS) is 21.5. The Labute approximate surface area is 129 Å². The number of amides is 1. The summed E-state index contributed by atoms with van der Waals surface area (Å²) in [6.07, 6.45) is 0.816. The largest absolute Gasteiger partial charge is 0.462 e. The maximum Gasteiger partial charge on any atom is 0.341 e. The average Bonchev–Trinajstić information content (AvgIpc) is 3.08. The van der Waals surface area contributed by atoms with Crippen LogP contribution in [0.25, 0.3) is 0 Å². The zero-order valence-corrected chi connectivity index (χ0v) is 13.5. The fourth-order valence-corrected chi connectivity index (χ4v) is 3.43. The van der Waals surface area contributed by atoms with Gasteiger partial charge in [-0.2, -0.15) is 0 Å². The monoisotopic (exact) mass is 310 g/mol. The van der Waals surface area contributed by atoms with E-state index in [0.29, 0.717) is 23.7 Å². The van der Waals surface area contributed by atoms with Gasteiger partial charge < -0.3 is 15.4 Å². The zero-order valence-electron chi connectivity index (χ0n) is 12.7. The number of carbonyl (C=O) groups is 2. The minimum atomic E-state index is -0.407. The van der Waals surface area contributed by atoms with Crippen molar-refractivity contribution >= 4 is 28.2 Å². The van der Waals surface area contributed by atoms with Gasteiger partial charge in [0.15, 0.2) is 0 Å². The van der Waals surface area contributed by atoms with Crippen LogP contribution in [0, 0.1) is 11.3 Å². The molecule has 0 aliphatic carbocycles. The summed E-state index contributed by atoms with van der Waals surface area (Å²) in [5.74, 6) is -0.175. The van der Waals surface area contributed by atoms with E-state index in [4.69, 9.17) is 4.74 Å². The summed E-state index contributed by atoms with van der Waals surface area (Å²) in [6, 6.07) is 1.69. The Balaban J connectivity index is 2.16. The lowest BCUT2D eigenvalue weighted by Crippen LogP contribution is -2.42. The van der Waals surface area contributed by atoms with Crippen LogP contribution < -0.4 is 10.6 Å². The van der Waals surface area contributed by atoms with Gasteiger partial charge in [-0.15, -0.1) is 11.3 Å². The molecule has 1 amide bonds. The van der Waals surface area contributed by atoms with Crippen molar-refractivity contribution in [2.45, 2.75) is 27.2 Å². The second-order valence-electron chi connectivity index (χ2n) is 5.58. The van der Waals surface area contributed by atoms with Crippen LogP contribution in [-0.2, 0) is 9.53 Å². The zero-order chi connectivity index (χ0) is 15.5. The van der Waals surface area contributed by atoms with E-state index < -0.39 is 11.4 Å². The van der Waals surface area contributed by atoms with Gasteiger partial charge in [0.25, 0.3) is 0 Å². The van der Waals surface area contributed by atoms with Crippen molar-refractivity contribution in [2.75, 3.05) is 25.0 Å². The second kappa shape index (κ2) is 6.58. The molecule has 1 aliphatic heterocycles. The molecule has 21 heavy (non-hydrogen) atoms. The first kappa shape index (κ1) is 16.0. The highest BCUT2D eigenvalue weighted by Gasteiger charge is 2.44. The smallest absolute Gasteiger partial charge is 0.341 e. The molecule has 5 nitrogen and oxygen atoms in total. The summed E-state index contributed by atoms with van der Waals surface area (Å²) in [7, 11) is 0. The van der Waals surface area contributed by atoms with Crippen LogP contribution >= 0.6 is 11.3 Å². The van der Waals surface area contributed by atoms with Crippen LogP contribution in [0.5, 0.6) is 0 Å². The maximum absolute atomic E-state index is 12.7. The third-order valence-electron chi connectivity index (χ3n) is 4.13. The van der Waals surface area contributed by atoms with E-state index in [0.717, 1.165) is 13.0 Å². The molecule has 1 fully saturated rings. The van der Waals surface area contributed by atoms with Crippen molar-refractivity contribution in [1.82, 2.24) is 5.32 Å². The van der Waals surface area contributed by atoms with Crippen LogP contribution in [0.15, 0.2) is 11.4 Å². The molecule has 116 valence electrons. The summed E-state index contributed by atoms with van der Waals surface area (Å²) in [5.41, 5.74) is 0.0238. The molecule has 0 aromatic carbocycles. The van der Waals surface area contributed by atoms with Crippen molar-refractivity contribution in [1.29, 1.82) is 0 Å². The molecule has 2 heterocycles. The number of anilines is 1. The standard InChI is InChI=1S/C15H22N2O3S/c1-4-20-13(18)11-5-8-21-12(11)17-14(19)15(10(2)3)6-7-16-9-15/h5,8,10,16H,4,6-7,9H2,1-3H3,(H,17,19). The molecule has 1 atom stereocenters. The molecule has 0 bridgehead atoms. The summed E-state index contributed by atoms with van der Waals surface area (Å²) >= 11 is 1.35. The Morgan fingerprint density at radius 1 is 1.52 bits per heavy atom.